The lowest BCUT2D eigenvalue weighted by Crippen LogP contribution is -2.39. The van der Waals surface area contributed by atoms with Gasteiger partial charge in [0, 0.05) is 13.2 Å². The van der Waals surface area contributed by atoms with E-state index in [1.54, 1.807) is 0 Å². The number of aryl methyl sites for hydroxylation is 2. The number of halogens is 1. The molecular weight excluding hydrogens is 320 g/mol. The van der Waals surface area contributed by atoms with E-state index in [0.717, 1.165) is 28.8 Å². The summed E-state index contributed by atoms with van der Waals surface area (Å²) in [4.78, 5) is 12.6. The summed E-state index contributed by atoms with van der Waals surface area (Å²) in [6, 6.07) is 0. The first kappa shape index (κ1) is 17.4. The van der Waals surface area contributed by atoms with Crippen LogP contribution in [0, 0.1) is 0 Å². The Bertz CT molecular complexity index is 471. The van der Waals surface area contributed by atoms with Crippen molar-refractivity contribution in [1.29, 1.82) is 0 Å². The summed E-state index contributed by atoms with van der Waals surface area (Å²) >= 11 is 3.58. The average molecular weight is 345 g/mol. The van der Waals surface area contributed by atoms with Crippen LogP contribution in [-0.4, -0.2) is 27.8 Å². The first-order chi connectivity index (χ1) is 9.43. The Balaban J connectivity index is 3.03. The van der Waals surface area contributed by atoms with E-state index in [1.165, 1.54) is 0 Å². The molecule has 114 valence electrons. The molecule has 0 saturated heterocycles. The summed E-state index contributed by atoms with van der Waals surface area (Å²) in [7, 11) is 0. The van der Waals surface area contributed by atoms with Crippen molar-refractivity contribution in [2.45, 2.75) is 66.0 Å². The molecule has 1 rings (SSSR count). The van der Waals surface area contributed by atoms with Gasteiger partial charge >= 0.3 is 0 Å². The number of carbonyl (C=O) groups excluding carboxylic acids is 1. The molecule has 0 bridgehead atoms. The molecule has 5 heteroatoms. The minimum atomic E-state index is -0.705. The van der Waals surface area contributed by atoms with Gasteiger partial charge in [-0.2, -0.15) is 5.10 Å². The van der Waals surface area contributed by atoms with E-state index in [0.29, 0.717) is 19.4 Å². The van der Waals surface area contributed by atoms with Crippen molar-refractivity contribution in [2.75, 3.05) is 6.61 Å². The number of aromatic nitrogens is 2. The summed E-state index contributed by atoms with van der Waals surface area (Å²) in [5.74, 6) is 0.111. The van der Waals surface area contributed by atoms with E-state index in [4.69, 9.17) is 4.74 Å². The molecule has 0 aromatic carbocycles. The Morgan fingerprint density at radius 2 is 2.00 bits per heavy atom. The molecule has 1 aromatic rings. The van der Waals surface area contributed by atoms with Crippen molar-refractivity contribution in [2.24, 2.45) is 0 Å². The largest absolute Gasteiger partial charge is 0.368 e. The van der Waals surface area contributed by atoms with Gasteiger partial charge < -0.3 is 4.74 Å². The number of Topliss-reactive ketones (excluding diaryl/α,β-unsaturated/α-hetero) is 1. The van der Waals surface area contributed by atoms with Gasteiger partial charge in [0.1, 0.15) is 5.60 Å². The highest BCUT2D eigenvalue weighted by Crippen LogP contribution is 2.26. The highest BCUT2D eigenvalue weighted by Gasteiger charge is 2.33. The van der Waals surface area contributed by atoms with Crippen molar-refractivity contribution in [3.05, 3.63) is 15.9 Å². The van der Waals surface area contributed by atoms with Crippen LogP contribution in [0.1, 0.15) is 52.4 Å². The van der Waals surface area contributed by atoms with E-state index in [9.17, 15) is 4.79 Å². The third-order valence-electron chi connectivity index (χ3n) is 3.75. The summed E-state index contributed by atoms with van der Waals surface area (Å²) in [5, 5.41) is 4.53. The molecule has 0 fully saturated rings. The zero-order chi connectivity index (χ0) is 15.3. The van der Waals surface area contributed by atoms with E-state index in [2.05, 4.69) is 28.0 Å². The van der Waals surface area contributed by atoms with E-state index < -0.39 is 5.60 Å². The van der Waals surface area contributed by atoms with Crippen LogP contribution in [0.4, 0.5) is 0 Å². The third kappa shape index (κ3) is 3.50. The van der Waals surface area contributed by atoms with Crippen molar-refractivity contribution < 1.29 is 9.53 Å². The Hall–Kier alpha value is -0.680. The number of ether oxygens (including phenoxy) is 1. The Kier molecular flexibility index (Phi) is 6.40. The van der Waals surface area contributed by atoms with Gasteiger partial charge in [-0.25, -0.2) is 0 Å². The van der Waals surface area contributed by atoms with Gasteiger partial charge in [0.25, 0.3) is 0 Å². The molecular formula is C15H25BrN2O2. The quantitative estimate of drug-likeness (QED) is 0.724. The standard InChI is InChI=1S/C15H25BrN2O2/c1-6-11-14(16)12(18(8-3)17-11)10-13(19)15(5,7-2)20-9-4/h6-10H2,1-5H3. The molecule has 1 aromatic heterocycles. The first-order valence-electron chi connectivity index (χ1n) is 7.34. The summed E-state index contributed by atoms with van der Waals surface area (Å²) in [5.41, 5.74) is 1.25. The molecule has 0 aliphatic heterocycles. The highest BCUT2D eigenvalue weighted by molar-refractivity contribution is 9.10. The van der Waals surface area contributed by atoms with Gasteiger partial charge in [0.15, 0.2) is 5.78 Å². The zero-order valence-electron chi connectivity index (χ0n) is 13.1. The Morgan fingerprint density at radius 1 is 1.35 bits per heavy atom. The molecule has 1 atom stereocenters. The molecule has 0 aliphatic carbocycles. The first-order valence-corrected chi connectivity index (χ1v) is 8.13. The van der Waals surface area contributed by atoms with Crippen LogP contribution in [0.25, 0.3) is 0 Å². The number of nitrogens with zero attached hydrogens (tertiary/aromatic N) is 2. The lowest BCUT2D eigenvalue weighted by molar-refractivity contribution is -0.141. The van der Waals surface area contributed by atoms with E-state index in [1.807, 2.05) is 32.4 Å². The predicted molar refractivity (Wildman–Crippen MR) is 84.0 cm³/mol. The summed E-state index contributed by atoms with van der Waals surface area (Å²) < 4.78 is 8.53. The second-order valence-electron chi connectivity index (χ2n) is 4.99. The maximum absolute atomic E-state index is 12.6. The Morgan fingerprint density at radius 3 is 2.45 bits per heavy atom. The zero-order valence-corrected chi connectivity index (χ0v) is 14.7. The fourth-order valence-electron chi connectivity index (χ4n) is 2.22. The maximum atomic E-state index is 12.6. The van der Waals surface area contributed by atoms with Crippen molar-refractivity contribution in [3.8, 4) is 0 Å². The number of hydrogen-bond donors (Lipinski definition) is 0. The fourth-order valence-corrected chi connectivity index (χ4v) is 2.93. The third-order valence-corrected chi connectivity index (χ3v) is 4.66. The normalized spacial score (nSPS) is 14.3. The second kappa shape index (κ2) is 7.36. The van der Waals surface area contributed by atoms with Crippen LogP contribution in [0.5, 0.6) is 0 Å². The fraction of sp³-hybridized carbons (Fsp3) is 0.733. The van der Waals surface area contributed by atoms with Gasteiger partial charge in [-0.3, -0.25) is 9.48 Å². The van der Waals surface area contributed by atoms with Gasteiger partial charge in [-0.15, -0.1) is 0 Å². The molecule has 4 nitrogen and oxygen atoms in total. The molecule has 0 aliphatic rings. The number of carbonyl (C=O) groups is 1. The molecule has 0 spiro atoms. The van der Waals surface area contributed by atoms with Gasteiger partial charge in [-0.05, 0) is 49.5 Å². The monoisotopic (exact) mass is 344 g/mol. The SMILES string of the molecule is CCOC(C)(CC)C(=O)Cc1c(Br)c(CC)nn1CC. The molecule has 0 amide bonds. The predicted octanol–water partition coefficient (Wildman–Crippen LogP) is 3.54. The molecule has 0 saturated carbocycles. The van der Waals surface area contributed by atoms with Crippen LogP contribution < -0.4 is 0 Å². The lowest BCUT2D eigenvalue weighted by Gasteiger charge is -2.26. The minimum absolute atomic E-state index is 0.111. The molecule has 20 heavy (non-hydrogen) atoms. The number of hydrogen-bond acceptors (Lipinski definition) is 3. The van der Waals surface area contributed by atoms with Crippen LogP contribution in [0.2, 0.25) is 0 Å². The topological polar surface area (TPSA) is 44.1 Å². The van der Waals surface area contributed by atoms with Crippen LogP contribution in [0.15, 0.2) is 4.47 Å². The van der Waals surface area contributed by atoms with E-state index in [-0.39, 0.29) is 5.78 Å². The Labute approximate surface area is 130 Å². The van der Waals surface area contributed by atoms with Crippen molar-refractivity contribution in [3.63, 3.8) is 0 Å². The van der Waals surface area contributed by atoms with Crippen LogP contribution >= 0.6 is 15.9 Å². The van der Waals surface area contributed by atoms with Crippen molar-refractivity contribution in [1.82, 2.24) is 9.78 Å². The molecule has 0 N–H and O–H groups in total. The minimum Gasteiger partial charge on any atom is -0.368 e. The average Bonchev–Trinajstić information content (AvgIpc) is 2.75. The van der Waals surface area contributed by atoms with Gasteiger partial charge in [-0.1, -0.05) is 13.8 Å². The maximum Gasteiger partial charge on any atom is 0.170 e. The number of ketones is 1. The van der Waals surface area contributed by atoms with E-state index >= 15 is 0 Å². The second-order valence-corrected chi connectivity index (χ2v) is 5.79. The van der Waals surface area contributed by atoms with Crippen LogP contribution in [0.3, 0.4) is 0 Å². The summed E-state index contributed by atoms with van der Waals surface area (Å²) in [6.45, 7) is 11.2. The summed E-state index contributed by atoms with van der Waals surface area (Å²) in [6.07, 6.45) is 1.88. The van der Waals surface area contributed by atoms with Gasteiger partial charge in [0.05, 0.1) is 22.3 Å². The van der Waals surface area contributed by atoms with Gasteiger partial charge in [0.2, 0.25) is 0 Å². The molecule has 1 unspecified atom stereocenters. The molecule has 1 heterocycles. The van der Waals surface area contributed by atoms with Crippen LogP contribution in [-0.2, 0) is 28.9 Å². The molecule has 0 radical (unpaired) electrons. The smallest absolute Gasteiger partial charge is 0.170 e. The highest BCUT2D eigenvalue weighted by atomic mass is 79.9. The number of rotatable bonds is 8. The van der Waals surface area contributed by atoms with Crippen molar-refractivity contribution >= 4 is 21.7 Å². The lowest BCUT2D eigenvalue weighted by atomic mass is 9.94.